The fourth-order valence-electron chi connectivity index (χ4n) is 1.69. The molecule has 1 rings (SSSR count). The van der Waals surface area contributed by atoms with Crippen molar-refractivity contribution in [3.8, 4) is 0 Å². The van der Waals surface area contributed by atoms with E-state index in [1.807, 2.05) is 0 Å². The SMILES string of the molecule is CCCCC(O)OC1CCCC1. The minimum atomic E-state index is -0.506. The fraction of sp³-hybridized carbons (Fsp3) is 1.00. The van der Waals surface area contributed by atoms with Crippen LogP contribution in [0.4, 0.5) is 0 Å². The molecule has 0 saturated heterocycles. The average Bonchev–Trinajstić information content (AvgIpc) is 2.53. The molecule has 0 aromatic carbocycles. The number of unbranched alkanes of at least 4 members (excludes halogenated alkanes) is 1. The third-order valence-corrected chi connectivity index (χ3v) is 2.46. The zero-order chi connectivity index (χ0) is 8.81. The van der Waals surface area contributed by atoms with Gasteiger partial charge in [-0.25, -0.2) is 0 Å². The molecule has 0 aromatic heterocycles. The lowest BCUT2D eigenvalue weighted by Gasteiger charge is -2.16. The van der Waals surface area contributed by atoms with Crippen LogP contribution in [-0.2, 0) is 4.74 Å². The van der Waals surface area contributed by atoms with E-state index in [1.54, 1.807) is 0 Å². The van der Waals surface area contributed by atoms with Gasteiger partial charge in [-0.2, -0.15) is 0 Å². The van der Waals surface area contributed by atoms with Crippen molar-refractivity contribution in [2.75, 3.05) is 0 Å². The largest absolute Gasteiger partial charge is 0.368 e. The van der Waals surface area contributed by atoms with E-state index in [4.69, 9.17) is 4.74 Å². The van der Waals surface area contributed by atoms with Gasteiger partial charge in [-0.15, -0.1) is 0 Å². The Morgan fingerprint density at radius 1 is 1.42 bits per heavy atom. The lowest BCUT2D eigenvalue weighted by molar-refractivity contribution is -0.137. The standard InChI is InChI=1S/C10H20O2/c1-2-3-8-10(11)12-9-6-4-5-7-9/h9-11H,2-8H2,1H3. The first-order chi connectivity index (χ1) is 5.83. The molecule has 72 valence electrons. The molecular formula is C10H20O2. The quantitative estimate of drug-likeness (QED) is 0.645. The molecule has 0 aliphatic heterocycles. The molecule has 0 spiro atoms. The van der Waals surface area contributed by atoms with Crippen LogP contribution in [0.2, 0.25) is 0 Å². The van der Waals surface area contributed by atoms with Gasteiger partial charge in [0.05, 0.1) is 6.10 Å². The van der Waals surface area contributed by atoms with Gasteiger partial charge in [0.2, 0.25) is 0 Å². The van der Waals surface area contributed by atoms with Crippen molar-refractivity contribution in [1.29, 1.82) is 0 Å². The summed E-state index contributed by atoms with van der Waals surface area (Å²) < 4.78 is 5.47. The Balaban J connectivity index is 2.03. The Bertz CT molecular complexity index is 108. The zero-order valence-corrected chi connectivity index (χ0v) is 7.96. The topological polar surface area (TPSA) is 29.5 Å². The lowest BCUT2D eigenvalue weighted by Crippen LogP contribution is -2.19. The van der Waals surface area contributed by atoms with Crippen LogP contribution in [-0.4, -0.2) is 17.5 Å². The monoisotopic (exact) mass is 172 g/mol. The number of aliphatic hydroxyl groups is 1. The first-order valence-electron chi connectivity index (χ1n) is 5.16. The van der Waals surface area contributed by atoms with Crippen LogP contribution in [0.5, 0.6) is 0 Å². The maximum atomic E-state index is 9.42. The van der Waals surface area contributed by atoms with Crippen LogP contribution in [0.25, 0.3) is 0 Å². The minimum Gasteiger partial charge on any atom is -0.368 e. The second kappa shape index (κ2) is 5.55. The first-order valence-corrected chi connectivity index (χ1v) is 5.16. The third-order valence-electron chi connectivity index (χ3n) is 2.46. The average molecular weight is 172 g/mol. The highest BCUT2D eigenvalue weighted by Crippen LogP contribution is 2.22. The number of rotatable bonds is 5. The molecule has 1 N–H and O–H groups in total. The molecule has 2 heteroatoms. The van der Waals surface area contributed by atoms with Gasteiger partial charge in [-0.1, -0.05) is 26.2 Å². The Hall–Kier alpha value is -0.0800. The van der Waals surface area contributed by atoms with Gasteiger partial charge in [-0.05, 0) is 25.7 Å². The van der Waals surface area contributed by atoms with Crippen molar-refractivity contribution in [3.63, 3.8) is 0 Å². The highest BCUT2D eigenvalue weighted by atomic mass is 16.6. The van der Waals surface area contributed by atoms with E-state index in [0.717, 1.165) is 32.1 Å². The van der Waals surface area contributed by atoms with Crippen molar-refractivity contribution >= 4 is 0 Å². The number of hydrogen-bond acceptors (Lipinski definition) is 2. The summed E-state index contributed by atoms with van der Waals surface area (Å²) in [6.45, 7) is 2.13. The van der Waals surface area contributed by atoms with E-state index in [9.17, 15) is 5.11 Å². The van der Waals surface area contributed by atoms with Gasteiger partial charge in [0.1, 0.15) is 0 Å². The smallest absolute Gasteiger partial charge is 0.154 e. The number of aliphatic hydroxyl groups excluding tert-OH is 1. The van der Waals surface area contributed by atoms with Crippen molar-refractivity contribution in [2.45, 2.75) is 64.3 Å². The Labute approximate surface area is 74.9 Å². The van der Waals surface area contributed by atoms with Gasteiger partial charge < -0.3 is 9.84 Å². The highest BCUT2D eigenvalue weighted by Gasteiger charge is 2.18. The summed E-state index contributed by atoms with van der Waals surface area (Å²) in [4.78, 5) is 0. The minimum absolute atomic E-state index is 0.344. The van der Waals surface area contributed by atoms with Crippen LogP contribution >= 0.6 is 0 Å². The summed E-state index contributed by atoms with van der Waals surface area (Å²) in [5, 5.41) is 9.42. The van der Waals surface area contributed by atoms with Crippen LogP contribution in [0.15, 0.2) is 0 Å². The molecule has 0 amide bonds. The van der Waals surface area contributed by atoms with Crippen LogP contribution in [0.3, 0.4) is 0 Å². The molecule has 0 aromatic rings. The van der Waals surface area contributed by atoms with Crippen LogP contribution < -0.4 is 0 Å². The molecule has 1 fully saturated rings. The molecule has 1 atom stereocenters. The molecule has 0 radical (unpaired) electrons. The molecule has 1 aliphatic rings. The van der Waals surface area contributed by atoms with Gasteiger partial charge in [0.15, 0.2) is 6.29 Å². The maximum Gasteiger partial charge on any atom is 0.154 e. The van der Waals surface area contributed by atoms with Crippen LogP contribution in [0.1, 0.15) is 51.9 Å². The molecule has 1 saturated carbocycles. The summed E-state index contributed by atoms with van der Waals surface area (Å²) >= 11 is 0. The number of hydrogen-bond donors (Lipinski definition) is 1. The predicted octanol–water partition coefficient (Wildman–Crippen LogP) is 2.45. The van der Waals surface area contributed by atoms with E-state index in [-0.39, 0.29) is 0 Å². The van der Waals surface area contributed by atoms with Gasteiger partial charge in [0.25, 0.3) is 0 Å². The van der Waals surface area contributed by atoms with Crippen molar-refractivity contribution in [1.82, 2.24) is 0 Å². The van der Waals surface area contributed by atoms with E-state index in [1.165, 1.54) is 12.8 Å². The molecule has 1 unspecified atom stereocenters. The van der Waals surface area contributed by atoms with Gasteiger partial charge >= 0.3 is 0 Å². The second-order valence-corrected chi connectivity index (χ2v) is 3.64. The summed E-state index contributed by atoms with van der Waals surface area (Å²) in [5.41, 5.74) is 0. The van der Waals surface area contributed by atoms with E-state index in [0.29, 0.717) is 6.10 Å². The Morgan fingerprint density at radius 2 is 2.08 bits per heavy atom. The first kappa shape index (κ1) is 10.0. The summed E-state index contributed by atoms with van der Waals surface area (Å²) in [6.07, 6.45) is 7.65. The van der Waals surface area contributed by atoms with Crippen molar-refractivity contribution < 1.29 is 9.84 Å². The summed E-state index contributed by atoms with van der Waals surface area (Å²) in [7, 11) is 0. The highest BCUT2D eigenvalue weighted by molar-refractivity contribution is 4.67. The Morgan fingerprint density at radius 3 is 2.67 bits per heavy atom. The normalized spacial score (nSPS) is 21.5. The van der Waals surface area contributed by atoms with E-state index >= 15 is 0 Å². The van der Waals surface area contributed by atoms with Gasteiger partial charge in [-0.3, -0.25) is 0 Å². The molecule has 2 nitrogen and oxygen atoms in total. The Kier molecular flexibility index (Phi) is 4.62. The summed E-state index contributed by atoms with van der Waals surface area (Å²) in [6, 6.07) is 0. The van der Waals surface area contributed by atoms with Gasteiger partial charge in [0, 0.05) is 0 Å². The third kappa shape index (κ3) is 3.55. The van der Waals surface area contributed by atoms with E-state index in [2.05, 4.69) is 6.92 Å². The van der Waals surface area contributed by atoms with Crippen LogP contribution in [0, 0.1) is 0 Å². The second-order valence-electron chi connectivity index (χ2n) is 3.64. The molecule has 0 bridgehead atoms. The predicted molar refractivity (Wildman–Crippen MR) is 48.9 cm³/mol. The zero-order valence-electron chi connectivity index (χ0n) is 7.96. The summed E-state index contributed by atoms with van der Waals surface area (Å²) in [5.74, 6) is 0. The van der Waals surface area contributed by atoms with Crippen molar-refractivity contribution in [3.05, 3.63) is 0 Å². The molecule has 1 aliphatic carbocycles. The van der Waals surface area contributed by atoms with E-state index < -0.39 is 6.29 Å². The van der Waals surface area contributed by atoms with Crippen molar-refractivity contribution in [2.24, 2.45) is 0 Å². The molecular weight excluding hydrogens is 152 g/mol. The maximum absolute atomic E-state index is 9.42. The lowest BCUT2D eigenvalue weighted by atomic mass is 10.2. The molecule has 0 heterocycles. The number of ether oxygens (including phenoxy) is 1. The molecule has 12 heavy (non-hydrogen) atoms. The fourth-order valence-corrected chi connectivity index (χ4v) is 1.69.